The zero-order valence-corrected chi connectivity index (χ0v) is 11.1. The molecule has 1 amide bonds. The van der Waals surface area contributed by atoms with Gasteiger partial charge < -0.3 is 11.1 Å². The Hall–Kier alpha value is -1.49. The van der Waals surface area contributed by atoms with Crippen molar-refractivity contribution in [3.8, 4) is 0 Å². The van der Waals surface area contributed by atoms with E-state index in [9.17, 15) is 4.79 Å². The molecule has 0 aromatic carbocycles. The van der Waals surface area contributed by atoms with Crippen LogP contribution in [0.15, 0.2) is 18.3 Å². The van der Waals surface area contributed by atoms with Gasteiger partial charge in [0.2, 0.25) is 5.91 Å². The largest absolute Gasteiger partial charge is 0.350 e. The van der Waals surface area contributed by atoms with Gasteiger partial charge in [-0.3, -0.25) is 4.79 Å². The van der Waals surface area contributed by atoms with Crippen LogP contribution in [0.1, 0.15) is 32.4 Å². The summed E-state index contributed by atoms with van der Waals surface area (Å²) in [6.07, 6.45) is 3.07. The van der Waals surface area contributed by atoms with Gasteiger partial charge in [0.15, 0.2) is 0 Å². The zero-order valence-electron chi connectivity index (χ0n) is 11.1. The van der Waals surface area contributed by atoms with Crippen LogP contribution in [0.4, 0.5) is 0 Å². The van der Waals surface area contributed by atoms with Gasteiger partial charge in [-0.05, 0) is 36.9 Å². The van der Waals surface area contributed by atoms with E-state index in [2.05, 4.69) is 29.4 Å². The van der Waals surface area contributed by atoms with E-state index in [-0.39, 0.29) is 11.8 Å². The third-order valence-corrected chi connectivity index (χ3v) is 2.71. The van der Waals surface area contributed by atoms with Crippen LogP contribution in [0.3, 0.4) is 0 Å². The minimum absolute atomic E-state index is 0.0248. The van der Waals surface area contributed by atoms with Crippen LogP contribution in [0.5, 0.6) is 0 Å². The molecule has 100 valence electrons. The van der Waals surface area contributed by atoms with Crippen molar-refractivity contribution < 1.29 is 4.79 Å². The molecule has 18 heavy (non-hydrogen) atoms. The van der Waals surface area contributed by atoms with Crippen LogP contribution in [-0.4, -0.2) is 22.6 Å². The molecule has 1 aromatic rings. The first-order chi connectivity index (χ1) is 8.61. The monoisotopic (exact) mass is 250 g/mol. The fourth-order valence-electron chi connectivity index (χ4n) is 1.88. The van der Waals surface area contributed by atoms with Gasteiger partial charge >= 0.3 is 0 Å². The van der Waals surface area contributed by atoms with Gasteiger partial charge in [-0.25, -0.2) is 0 Å². The van der Waals surface area contributed by atoms with E-state index >= 15 is 0 Å². The number of amides is 1. The average molecular weight is 250 g/mol. The molecule has 1 heterocycles. The Morgan fingerprint density at radius 2 is 2.28 bits per heavy atom. The molecule has 1 rings (SSSR count). The summed E-state index contributed by atoms with van der Waals surface area (Å²) >= 11 is 0. The highest BCUT2D eigenvalue weighted by molar-refractivity contribution is 5.76. The molecule has 0 fully saturated rings. The second-order valence-corrected chi connectivity index (χ2v) is 4.93. The zero-order chi connectivity index (χ0) is 13.4. The summed E-state index contributed by atoms with van der Waals surface area (Å²) in [6.45, 7) is 5.25. The Morgan fingerprint density at radius 1 is 1.50 bits per heavy atom. The highest BCUT2D eigenvalue weighted by Gasteiger charge is 2.13. The predicted octanol–water partition coefficient (Wildman–Crippen LogP) is 1.10. The minimum Gasteiger partial charge on any atom is -0.350 e. The number of nitrogens with zero attached hydrogens (tertiary/aromatic N) is 2. The Morgan fingerprint density at radius 3 is 2.83 bits per heavy atom. The molecule has 0 spiro atoms. The molecule has 1 aromatic heterocycles. The molecule has 0 saturated carbocycles. The van der Waals surface area contributed by atoms with E-state index in [1.165, 1.54) is 0 Å². The second-order valence-electron chi connectivity index (χ2n) is 4.93. The van der Waals surface area contributed by atoms with Gasteiger partial charge in [0, 0.05) is 12.6 Å². The summed E-state index contributed by atoms with van der Waals surface area (Å²) in [5, 5.41) is 10.5. The summed E-state index contributed by atoms with van der Waals surface area (Å²) in [5.74, 6) is 0.843. The highest BCUT2D eigenvalue weighted by Crippen LogP contribution is 2.13. The lowest BCUT2D eigenvalue weighted by Gasteiger charge is -2.16. The van der Waals surface area contributed by atoms with Crippen LogP contribution in [0.2, 0.25) is 0 Å². The van der Waals surface area contributed by atoms with Crippen molar-refractivity contribution in [2.45, 2.75) is 33.2 Å². The van der Waals surface area contributed by atoms with E-state index in [4.69, 9.17) is 5.73 Å². The lowest BCUT2D eigenvalue weighted by Crippen LogP contribution is -2.28. The number of hydrogen-bond donors (Lipinski definition) is 2. The van der Waals surface area contributed by atoms with Gasteiger partial charge in [0.1, 0.15) is 0 Å². The van der Waals surface area contributed by atoms with E-state index in [1.807, 2.05) is 6.07 Å². The predicted molar refractivity (Wildman–Crippen MR) is 70.5 cm³/mol. The molecule has 0 aliphatic carbocycles. The third-order valence-electron chi connectivity index (χ3n) is 2.71. The van der Waals surface area contributed by atoms with E-state index in [0.717, 1.165) is 12.1 Å². The summed E-state index contributed by atoms with van der Waals surface area (Å²) in [4.78, 5) is 11.8. The van der Waals surface area contributed by atoms with Gasteiger partial charge in [0.05, 0.1) is 12.2 Å². The van der Waals surface area contributed by atoms with Crippen molar-refractivity contribution in [2.24, 2.45) is 17.6 Å². The maximum Gasteiger partial charge on any atom is 0.220 e. The van der Waals surface area contributed by atoms with Crippen LogP contribution >= 0.6 is 0 Å². The van der Waals surface area contributed by atoms with Crippen molar-refractivity contribution in [3.63, 3.8) is 0 Å². The molecule has 0 aliphatic heterocycles. The number of hydrogen-bond acceptors (Lipinski definition) is 4. The molecular weight excluding hydrogens is 228 g/mol. The van der Waals surface area contributed by atoms with Gasteiger partial charge in [0.25, 0.3) is 0 Å². The van der Waals surface area contributed by atoms with Crippen molar-refractivity contribution in [1.29, 1.82) is 0 Å². The van der Waals surface area contributed by atoms with E-state index < -0.39 is 0 Å². The Bertz CT molecular complexity index is 353. The number of rotatable bonds is 7. The quantitative estimate of drug-likeness (QED) is 0.759. The van der Waals surface area contributed by atoms with Gasteiger partial charge in [-0.1, -0.05) is 13.8 Å². The molecule has 0 radical (unpaired) electrons. The Kier molecular flexibility index (Phi) is 6.28. The first kappa shape index (κ1) is 14.6. The fraction of sp³-hybridized carbons (Fsp3) is 0.615. The fourth-order valence-corrected chi connectivity index (χ4v) is 1.88. The molecular formula is C13H22N4O. The molecule has 3 N–H and O–H groups in total. The molecule has 5 heteroatoms. The number of carbonyl (C=O) groups excluding carboxylic acids is 1. The third kappa shape index (κ3) is 5.72. The van der Waals surface area contributed by atoms with Gasteiger partial charge in [-0.15, -0.1) is 0 Å². The molecule has 1 atom stereocenters. The lowest BCUT2D eigenvalue weighted by atomic mass is 9.94. The first-order valence-electron chi connectivity index (χ1n) is 6.35. The maximum atomic E-state index is 11.8. The first-order valence-corrected chi connectivity index (χ1v) is 6.35. The minimum atomic E-state index is 0.0248. The van der Waals surface area contributed by atoms with Crippen LogP contribution in [0.25, 0.3) is 0 Å². The summed E-state index contributed by atoms with van der Waals surface area (Å²) in [5.41, 5.74) is 6.44. The summed E-state index contributed by atoms with van der Waals surface area (Å²) < 4.78 is 0. The van der Waals surface area contributed by atoms with Crippen molar-refractivity contribution in [2.75, 3.05) is 6.54 Å². The molecule has 0 bridgehead atoms. The van der Waals surface area contributed by atoms with Crippen molar-refractivity contribution in [1.82, 2.24) is 15.5 Å². The number of carbonyl (C=O) groups is 1. The highest BCUT2D eigenvalue weighted by atomic mass is 16.1. The number of nitrogens with one attached hydrogen (secondary N) is 1. The topological polar surface area (TPSA) is 80.9 Å². The van der Waals surface area contributed by atoms with Crippen LogP contribution < -0.4 is 11.1 Å². The smallest absolute Gasteiger partial charge is 0.220 e. The summed E-state index contributed by atoms with van der Waals surface area (Å²) in [7, 11) is 0. The van der Waals surface area contributed by atoms with Crippen LogP contribution in [0, 0.1) is 11.8 Å². The van der Waals surface area contributed by atoms with Gasteiger partial charge in [-0.2, -0.15) is 10.2 Å². The van der Waals surface area contributed by atoms with E-state index in [1.54, 1.807) is 12.3 Å². The average Bonchev–Trinajstić information content (AvgIpc) is 2.36. The summed E-state index contributed by atoms with van der Waals surface area (Å²) in [6, 6.07) is 3.64. The molecule has 0 aliphatic rings. The molecule has 5 nitrogen and oxygen atoms in total. The standard InChI is InChI=1S/C13H22N4O/c1-10(2)6-11(8-14)7-13(18)15-9-12-4-3-5-16-17-12/h3-5,10-11H,6-9,14H2,1-2H3,(H,15,18). The lowest BCUT2D eigenvalue weighted by molar-refractivity contribution is -0.122. The maximum absolute atomic E-state index is 11.8. The normalized spacial score (nSPS) is 12.4. The second kappa shape index (κ2) is 7.76. The van der Waals surface area contributed by atoms with E-state index in [0.29, 0.717) is 25.4 Å². The van der Waals surface area contributed by atoms with Crippen LogP contribution in [-0.2, 0) is 11.3 Å². The molecule has 1 unspecified atom stereocenters. The Labute approximate surface area is 108 Å². The number of aromatic nitrogens is 2. The Balaban J connectivity index is 2.32. The number of nitrogens with two attached hydrogens (primary N) is 1. The molecule has 0 saturated heterocycles. The SMILES string of the molecule is CC(C)CC(CN)CC(=O)NCc1cccnn1. The van der Waals surface area contributed by atoms with Crippen molar-refractivity contribution in [3.05, 3.63) is 24.0 Å². The van der Waals surface area contributed by atoms with Crippen molar-refractivity contribution >= 4 is 5.91 Å².